The number of ether oxygens (including phenoxy) is 1. The van der Waals surface area contributed by atoms with Crippen molar-refractivity contribution in [2.24, 2.45) is 5.41 Å². The highest BCUT2D eigenvalue weighted by atomic mass is 16.5. The summed E-state index contributed by atoms with van der Waals surface area (Å²) in [6.45, 7) is 9.27. The van der Waals surface area contributed by atoms with E-state index >= 15 is 0 Å². The summed E-state index contributed by atoms with van der Waals surface area (Å²) in [5, 5.41) is 4.44. The molecule has 0 spiro atoms. The molecule has 1 N–H and O–H groups in total. The molecule has 1 heterocycles. The smallest absolute Gasteiger partial charge is 0.145 e. The van der Waals surface area contributed by atoms with Crippen molar-refractivity contribution in [3.8, 4) is 5.75 Å². The van der Waals surface area contributed by atoms with Gasteiger partial charge in [-0.25, -0.2) is 4.98 Å². The molecule has 0 aliphatic heterocycles. The van der Waals surface area contributed by atoms with E-state index in [4.69, 9.17) is 4.74 Å². The van der Waals surface area contributed by atoms with Crippen LogP contribution in [0.2, 0.25) is 0 Å². The fourth-order valence-corrected chi connectivity index (χ4v) is 2.27. The van der Waals surface area contributed by atoms with Crippen molar-refractivity contribution in [1.82, 2.24) is 10.3 Å². The van der Waals surface area contributed by atoms with Crippen molar-refractivity contribution in [1.29, 1.82) is 0 Å². The Labute approximate surface area is 121 Å². The van der Waals surface area contributed by atoms with Crippen LogP contribution in [-0.4, -0.2) is 24.7 Å². The minimum absolute atomic E-state index is 0.155. The minimum Gasteiger partial charge on any atom is -0.490 e. The zero-order chi connectivity index (χ0) is 14.8. The first-order chi connectivity index (χ1) is 9.41. The second-order valence-corrected chi connectivity index (χ2v) is 6.30. The highest BCUT2D eigenvalue weighted by Gasteiger charge is 2.23. The van der Waals surface area contributed by atoms with E-state index < -0.39 is 0 Å². The van der Waals surface area contributed by atoms with Gasteiger partial charge >= 0.3 is 0 Å². The number of aryl methyl sites for hydroxylation is 1. The topological polar surface area (TPSA) is 34.1 Å². The second kappa shape index (κ2) is 5.80. The maximum Gasteiger partial charge on any atom is 0.145 e. The summed E-state index contributed by atoms with van der Waals surface area (Å²) in [7, 11) is 1.98. The fourth-order valence-electron chi connectivity index (χ4n) is 2.27. The molecule has 0 radical (unpaired) electrons. The zero-order valence-corrected chi connectivity index (χ0v) is 13.0. The Hall–Kier alpha value is -1.61. The van der Waals surface area contributed by atoms with E-state index in [0.717, 1.165) is 22.3 Å². The molecule has 0 aliphatic rings. The van der Waals surface area contributed by atoms with Crippen LogP contribution in [0.15, 0.2) is 30.3 Å². The van der Waals surface area contributed by atoms with Crippen LogP contribution in [0.25, 0.3) is 10.9 Å². The van der Waals surface area contributed by atoms with Gasteiger partial charge in [-0.2, -0.15) is 0 Å². The van der Waals surface area contributed by atoms with Crippen molar-refractivity contribution < 1.29 is 4.74 Å². The monoisotopic (exact) mass is 272 g/mol. The van der Waals surface area contributed by atoms with E-state index in [9.17, 15) is 0 Å². The maximum atomic E-state index is 6.03. The van der Waals surface area contributed by atoms with Crippen molar-refractivity contribution in [2.75, 3.05) is 13.7 Å². The van der Waals surface area contributed by atoms with Crippen LogP contribution in [0, 0.1) is 12.3 Å². The van der Waals surface area contributed by atoms with Gasteiger partial charge in [0.25, 0.3) is 0 Å². The highest BCUT2D eigenvalue weighted by molar-refractivity contribution is 5.84. The lowest BCUT2D eigenvalue weighted by molar-refractivity contribution is 0.182. The third-order valence-electron chi connectivity index (χ3n) is 3.62. The molecule has 0 saturated heterocycles. The van der Waals surface area contributed by atoms with Crippen molar-refractivity contribution >= 4 is 10.9 Å². The number of pyridine rings is 1. The molecule has 0 aliphatic carbocycles. The van der Waals surface area contributed by atoms with Gasteiger partial charge in [0.1, 0.15) is 17.9 Å². The molecule has 1 unspecified atom stereocenters. The maximum absolute atomic E-state index is 6.03. The van der Waals surface area contributed by atoms with Gasteiger partial charge in [0.2, 0.25) is 0 Å². The van der Waals surface area contributed by atoms with E-state index in [2.05, 4.69) is 43.2 Å². The number of nitrogens with zero attached hydrogens (tertiary/aromatic N) is 1. The average molecular weight is 272 g/mol. The fraction of sp³-hybridized carbons (Fsp3) is 0.471. The molecular weight excluding hydrogens is 248 g/mol. The summed E-state index contributed by atoms with van der Waals surface area (Å²) >= 11 is 0. The molecule has 1 aromatic carbocycles. The Morgan fingerprint density at radius 2 is 1.95 bits per heavy atom. The van der Waals surface area contributed by atoms with E-state index in [0.29, 0.717) is 12.6 Å². The van der Waals surface area contributed by atoms with E-state index in [1.165, 1.54) is 0 Å². The molecule has 3 nitrogen and oxygen atoms in total. The summed E-state index contributed by atoms with van der Waals surface area (Å²) in [6.07, 6.45) is 0. The molecule has 20 heavy (non-hydrogen) atoms. The number of aromatic nitrogens is 1. The Morgan fingerprint density at radius 1 is 1.20 bits per heavy atom. The molecule has 0 bridgehead atoms. The summed E-state index contributed by atoms with van der Waals surface area (Å²) in [5.74, 6) is 0.857. The van der Waals surface area contributed by atoms with Crippen molar-refractivity contribution in [3.05, 3.63) is 36.0 Å². The van der Waals surface area contributed by atoms with Gasteiger partial charge in [0.15, 0.2) is 0 Å². The molecule has 0 fully saturated rings. The van der Waals surface area contributed by atoms with Crippen LogP contribution in [0.3, 0.4) is 0 Å². The first-order valence-corrected chi connectivity index (χ1v) is 7.08. The molecule has 1 atom stereocenters. The second-order valence-electron chi connectivity index (χ2n) is 6.30. The molecule has 2 aromatic rings. The van der Waals surface area contributed by atoms with Gasteiger partial charge in [0.05, 0.1) is 0 Å². The Morgan fingerprint density at radius 3 is 2.60 bits per heavy atom. The van der Waals surface area contributed by atoms with Crippen LogP contribution in [0.5, 0.6) is 5.75 Å². The predicted octanol–water partition coefficient (Wildman–Crippen LogP) is 3.56. The highest BCUT2D eigenvalue weighted by Crippen LogP contribution is 2.26. The number of benzene rings is 1. The number of para-hydroxylation sites is 1. The average Bonchev–Trinajstić information content (AvgIpc) is 2.38. The first-order valence-electron chi connectivity index (χ1n) is 7.08. The molecule has 2 rings (SSSR count). The SMILES string of the molecule is CNC(COc1cccc2ccc(C)nc12)C(C)(C)C. The third kappa shape index (κ3) is 3.28. The van der Waals surface area contributed by atoms with Crippen LogP contribution in [-0.2, 0) is 0 Å². The quantitative estimate of drug-likeness (QED) is 0.924. The number of nitrogens with one attached hydrogen (secondary N) is 1. The number of hydrogen-bond acceptors (Lipinski definition) is 3. The lowest BCUT2D eigenvalue weighted by atomic mass is 9.87. The predicted molar refractivity (Wildman–Crippen MR) is 84.3 cm³/mol. The summed E-state index contributed by atoms with van der Waals surface area (Å²) in [6, 6.07) is 10.5. The molecule has 0 saturated carbocycles. The van der Waals surface area contributed by atoms with Gasteiger partial charge in [0, 0.05) is 17.1 Å². The number of hydrogen-bond donors (Lipinski definition) is 1. The van der Waals surface area contributed by atoms with Crippen LogP contribution >= 0.6 is 0 Å². The first kappa shape index (κ1) is 14.8. The lowest BCUT2D eigenvalue weighted by Gasteiger charge is -2.30. The normalized spacial score (nSPS) is 13.4. The van der Waals surface area contributed by atoms with Crippen LogP contribution in [0.4, 0.5) is 0 Å². The summed E-state index contributed by atoms with van der Waals surface area (Å²) in [4.78, 5) is 4.60. The third-order valence-corrected chi connectivity index (χ3v) is 3.62. The molecule has 0 amide bonds. The van der Waals surface area contributed by atoms with Crippen molar-refractivity contribution in [2.45, 2.75) is 33.7 Å². The van der Waals surface area contributed by atoms with Gasteiger partial charge in [-0.3, -0.25) is 0 Å². The standard InChI is InChI=1S/C17H24N2O/c1-12-9-10-13-7-6-8-14(16(13)19-12)20-11-15(18-5)17(2,3)4/h6-10,15,18H,11H2,1-5H3. The van der Waals surface area contributed by atoms with Gasteiger partial charge < -0.3 is 10.1 Å². The number of fused-ring (bicyclic) bond motifs is 1. The minimum atomic E-state index is 0.155. The van der Waals surface area contributed by atoms with Crippen LogP contribution in [0.1, 0.15) is 26.5 Å². The number of rotatable bonds is 4. The lowest BCUT2D eigenvalue weighted by Crippen LogP contribution is -2.42. The van der Waals surface area contributed by atoms with Gasteiger partial charge in [-0.15, -0.1) is 0 Å². The van der Waals surface area contributed by atoms with Crippen LogP contribution < -0.4 is 10.1 Å². The largest absolute Gasteiger partial charge is 0.490 e. The Bertz CT molecular complexity index is 587. The zero-order valence-electron chi connectivity index (χ0n) is 13.0. The summed E-state index contributed by atoms with van der Waals surface area (Å²) in [5.41, 5.74) is 2.11. The molecule has 108 valence electrons. The Kier molecular flexibility index (Phi) is 4.29. The van der Waals surface area contributed by atoms with E-state index in [1.807, 2.05) is 32.2 Å². The number of likely N-dealkylation sites (N-methyl/N-ethyl adjacent to an activating group) is 1. The van der Waals surface area contributed by atoms with E-state index in [-0.39, 0.29) is 5.41 Å². The van der Waals surface area contributed by atoms with Gasteiger partial charge in [-0.05, 0) is 31.5 Å². The van der Waals surface area contributed by atoms with Gasteiger partial charge in [-0.1, -0.05) is 39.0 Å². The Balaban J connectivity index is 2.23. The molecule has 1 aromatic heterocycles. The van der Waals surface area contributed by atoms with Crippen molar-refractivity contribution in [3.63, 3.8) is 0 Å². The molecular formula is C17H24N2O. The molecule has 3 heteroatoms. The summed E-state index contributed by atoms with van der Waals surface area (Å²) < 4.78 is 6.03. The van der Waals surface area contributed by atoms with E-state index in [1.54, 1.807) is 0 Å².